The standard InChI is InChI=1S/C15H32O3Si/c1-9-10-14(11-13(2)17-12-16-6)18-19(7,8)15(3,4)5/h9,13-14H,1,10-12H2,2-8H3/t13-,14-/m0/s1. The highest BCUT2D eigenvalue weighted by molar-refractivity contribution is 6.74. The third kappa shape index (κ3) is 7.25. The SMILES string of the molecule is C=CC[C@@H](C[C@H](C)OCOC)O[Si](C)(C)C(C)(C)C. The van der Waals surface area contributed by atoms with Crippen molar-refractivity contribution in [1.29, 1.82) is 0 Å². The smallest absolute Gasteiger partial charge is 0.192 e. The highest BCUT2D eigenvalue weighted by atomic mass is 28.4. The molecule has 3 nitrogen and oxygen atoms in total. The van der Waals surface area contributed by atoms with Gasteiger partial charge in [0.25, 0.3) is 0 Å². The summed E-state index contributed by atoms with van der Waals surface area (Å²) in [4.78, 5) is 0. The van der Waals surface area contributed by atoms with Gasteiger partial charge in [-0.25, -0.2) is 0 Å². The zero-order chi connectivity index (χ0) is 15.1. The fourth-order valence-electron chi connectivity index (χ4n) is 1.59. The predicted octanol–water partition coefficient (Wildman–Crippen LogP) is 4.35. The van der Waals surface area contributed by atoms with Crippen molar-refractivity contribution in [2.45, 2.75) is 70.9 Å². The Balaban J connectivity index is 4.52. The van der Waals surface area contributed by atoms with Gasteiger partial charge in [-0.3, -0.25) is 0 Å². The van der Waals surface area contributed by atoms with Crippen LogP contribution in [0, 0.1) is 0 Å². The first-order valence-corrected chi connectivity index (χ1v) is 9.94. The van der Waals surface area contributed by atoms with Gasteiger partial charge in [-0.1, -0.05) is 26.8 Å². The molecule has 0 unspecified atom stereocenters. The summed E-state index contributed by atoms with van der Waals surface area (Å²) >= 11 is 0. The minimum atomic E-state index is -1.74. The minimum Gasteiger partial charge on any atom is -0.414 e. The number of ether oxygens (including phenoxy) is 2. The summed E-state index contributed by atoms with van der Waals surface area (Å²) in [5.41, 5.74) is 0. The van der Waals surface area contributed by atoms with E-state index in [2.05, 4.69) is 47.4 Å². The maximum atomic E-state index is 6.44. The molecule has 0 aliphatic heterocycles. The lowest BCUT2D eigenvalue weighted by Crippen LogP contribution is -2.44. The van der Waals surface area contributed by atoms with Crippen LogP contribution in [0.2, 0.25) is 18.1 Å². The molecule has 0 saturated heterocycles. The highest BCUT2D eigenvalue weighted by Gasteiger charge is 2.39. The van der Waals surface area contributed by atoms with Crippen LogP contribution >= 0.6 is 0 Å². The van der Waals surface area contributed by atoms with E-state index in [0.717, 1.165) is 12.8 Å². The quantitative estimate of drug-likeness (QED) is 0.358. The number of hydrogen-bond donors (Lipinski definition) is 0. The van der Waals surface area contributed by atoms with Gasteiger partial charge in [0.1, 0.15) is 6.79 Å². The first-order chi connectivity index (χ1) is 8.64. The monoisotopic (exact) mass is 288 g/mol. The molecule has 0 N–H and O–H groups in total. The van der Waals surface area contributed by atoms with Crippen LogP contribution in [-0.2, 0) is 13.9 Å². The molecule has 0 rings (SSSR count). The van der Waals surface area contributed by atoms with Gasteiger partial charge in [0.05, 0.1) is 12.2 Å². The lowest BCUT2D eigenvalue weighted by Gasteiger charge is -2.39. The van der Waals surface area contributed by atoms with E-state index in [4.69, 9.17) is 13.9 Å². The van der Waals surface area contributed by atoms with E-state index in [1.165, 1.54) is 0 Å². The Morgan fingerprint density at radius 2 is 1.84 bits per heavy atom. The van der Waals surface area contributed by atoms with Crippen molar-refractivity contribution in [1.82, 2.24) is 0 Å². The summed E-state index contributed by atoms with van der Waals surface area (Å²) < 4.78 is 16.9. The Labute approximate surface area is 120 Å². The fraction of sp³-hybridized carbons (Fsp3) is 0.867. The Morgan fingerprint density at radius 1 is 1.26 bits per heavy atom. The van der Waals surface area contributed by atoms with E-state index >= 15 is 0 Å². The van der Waals surface area contributed by atoms with Gasteiger partial charge in [-0.05, 0) is 37.9 Å². The van der Waals surface area contributed by atoms with E-state index in [1.54, 1.807) is 7.11 Å². The largest absolute Gasteiger partial charge is 0.414 e. The number of methoxy groups -OCH3 is 1. The summed E-state index contributed by atoms with van der Waals surface area (Å²) in [5.74, 6) is 0. The lowest BCUT2D eigenvalue weighted by molar-refractivity contribution is -0.0761. The molecular weight excluding hydrogens is 256 g/mol. The van der Waals surface area contributed by atoms with Crippen LogP contribution in [-0.4, -0.2) is 34.4 Å². The summed E-state index contributed by atoms with van der Waals surface area (Å²) in [6, 6.07) is 0. The zero-order valence-corrected chi connectivity index (χ0v) is 14.8. The Kier molecular flexibility index (Phi) is 8.13. The zero-order valence-electron chi connectivity index (χ0n) is 13.8. The van der Waals surface area contributed by atoms with Gasteiger partial charge in [-0.2, -0.15) is 0 Å². The van der Waals surface area contributed by atoms with Crippen LogP contribution in [0.25, 0.3) is 0 Å². The highest BCUT2D eigenvalue weighted by Crippen LogP contribution is 2.38. The van der Waals surface area contributed by atoms with Crippen molar-refractivity contribution in [3.05, 3.63) is 12.7 Å². The summed E-state index contributed by atoms with van der Waals surface area (Å²) in [6.07, 6.45) is 4.00. The first kappa shape index (κ1) is 18.8. The molecule has 0 aromatic heterocycles. The molecule has 114 valence electrons. The van der Waals surface area contributed by atoms with E-state index in [-0.39, 0.29) is 17.2 Å². The summed E-state index contributed by atoms with van der Waals surface area (Å²) in [5, 5.41) is 0.225. The van der Waals surface area contributed by atoms with Crippen molar-refractivity contribution < 1.29 is 13.9 Å². The van der Waals surface area contributed by atoms with E-state index < -0.39 is 8.32 Å². The van der Waals surface area contributed by atoms with Crippen LogP contribution in [0.4, 0.5) is 0 Å². The van der Waals surface area contributed by atoms with Gasteiger partial charge in [0, 0.05) is 7.11 Å². The summed E-state index contributed by atoms with van der Waals surface area (Å²) in [7, 11) is -0.0989. The van der Waals surface area contributed by atoms with Crippen LogP contribution in [0.15, 0.2) is 12.7 Å². The van der Waals surface area contributed by atoms with Crippen LogP contribution < -0.4 is 0 Å². The van der Waals surface area contributed by atoms with Crippen molar-refractivity contribution in [2.24, 2.45) is 0 Å². The van der Waals surface area contributed by atoms with Crippen molar-refractivity contribution in [3.63, 3.8) is 0 Å². The van der Waals surface area contributed by atoms with Crippen molar-refractivity contribution >= 4 is 8.32 Å². The maximum Gasteiger partial charge on any atom is 0.192 e. The molecule has 0 aromatic carbocycles. The average Bonchev–Trinajstić information content (AvgIpc) is 2.24. The van der Waals surface area contributed by atoms with Crippen LogP contribution in [0.1, 0.15) is 40.5 Å². The van der Waals surface area contributed by atoms with E-state index in [0.29, 0.717) is 6.79 Å². The maximum absolute atomic E-state index is 6.44. The fourth-order valence-corrected chi connectivity index (χ4v) is 2.97. The molecule has 0 aliphatic carbocycles. The topological polar surface area (TPSA) is 27.7 Å². The van der Waals surface area contributed by atoms with Gasteiger partial charge < -0.3 is 13.9 Å². The second-order valence-electron chi connectivity index (χ2n) is 6.64. The van der Waals surface area contributed by atoms with Crippen molar-refractivity contribution in [3.8, 4) is 0 Å². The lowest BCUT2D eigenvalue weighted by atomic mass is 10.1. The van der Waals surface area contributed by atoms with Crippen LogP contribution in [0.3, 0.4) is 0 Å². The predicted molar refractivity (Wildman–Crippen MR) is 83.9 cm³/mol. The van der Waals surface area contributed by atoms with Gasteiger partial charge in [-0.15, -0.1) is 6.58 Å². The molecule has 0 aromatic rings. The van der Waals surface area contributed by atoms with Gasteiger partial charge in [0.15, 0.2) is 8.32 Å². The Bertz CT molecular complexity index is 259. The molecule has 0 radical (unpaired) electrons. The third-order valence-electron chi connectivity index (χ3n) is 3.76. The molecule has 4 heteroatoms. The molecule has 0 spiro atoms. The van der Waals surface area contributed by atoms with E-state index in [9.17, 15) is 0 Å². The van der Waals surface area contributed by atoms with Crippen LogP contribution in [0.5, 0.6) is 0 Å². The molecule has 0 saturated carbocycles. The second kappa shape index (κ2) is 8.20. The van der Waals surface area contributed by atoms with Gasteiger partial charge in [0.2, 0.25) is 0 Å². The molecule has 0 aliphatic rings. The third-order valence-corrected chi connectivity index (χ3v) is 8.30. The minimum absolute atomic E-state index is 0.134. The molecule has 0 heterocycles. The number of rotatable bonds is 9. The Hall–Kier alpha value is -0.163. The molecule has 19 heavy (non-hydrogen) atoms. The van der Waals surface area contributed by atoms with Crippen molar-refractivity contribution in [2.75, 3.05) is 13.9 Å². The first-order valence-electron chi connectivity index (χ1n) is 7.03. The van der Waals surface area contributed by atoms with E-state index in [1.807, 2.05) is 6.08 Å². The van der Waals surface area contributed by atoms with Gasteiger partial charge >= 0.3 is 0 Å². The molecule has 0 fully saturated rings. The molecule has 0 amide bonds. The number of hydrogen-bond acceptors (Lipinski definition) is 3. The molecule has 0 bridgehead atoms. The normalized spacial score (nSPS) is 16.2. The average molecular weight is 289 g/mol. The second-order valence-corrected chi connectivity index (χ2v) is 11.4. The summed E-state index contributed by atoms with van der Waals surface area (Å²) in [6.45, 7) is 17.6. The molecular formula is C15H32O3Si. The Morgan fingerprint density at radius 3 is 2.26 bits per heavy atom. The molecule has 2 atom stereocenters.